The second kappa shape index (κ2) is 6.37. The van der Waals surface area contributed by atoms with Gasteiger partial charge in [-0.1, -0.05) is 18.2 Å². The van der Waals surface area contributed by atoms with Crippen LogP contribution in [-0.4, -0.2) is 58.9 Å². The number of hydrogen-bond donors (Lipinski definition) is 1. The monoisotopic (exact) mass is 317 g/mol. The van der Waals surface area contributed by atoms with Crippen LogP contribution in [0.3, 0.4) is 0 Å². The summed E-state index contributed by atoms with van der Waals surface area (Å²) in [5.41, 5.74) is 0.943. The number of benzene rings is 1. The average Bonchev–Trinajstić information content (AvgIpc) is 2.95. The highest BCUT2D eigenvalue weighted by atomic mass is 16.5. The van der Waals surface area contributed by atoms with E-state index >= 15 is 0 Å². The van der Waals surface area contributed by atoms with Gasteiger partial charge in [0.05, 0.1) is 17.7 Å². The molecule has 1 amide bonds. The number of aromatic nitrogens is 2. The normalized spacial score (nSPS) is 21.4. The quantitative estimate of drug-likeness (QED) is 0.864. The minimum atomic E-state index is -0.606. The van der Waals surface area contributed by atoms with Crippen molar-refractivity contribution in [2.45, 2.75) is 26.1 Å². The molecule has 0 unspecified atom stereocenters. The van der Waals surface area contributed by atoms with Crippen molar-refractivity contribution in [1.29, 1.82) is 0 Å². The lowest BCUT2D eigenvalue weighted by molar-refractivity contribution is -0.146. The number of nitrogens with zero attached hydrogens (tertiary/aromatic N) is 2. The highest BCUT2D eigenvalue weighted by Gasteiger charge is 2.27. The van der Waals surface area contributed by atoms with Crippen molar-refractivity contribution < 1.29 is 19.1 Å². The molecule has 1 aliphatic heterocycles. The lowest BCUT2D eigenvalue weighted by Crippen LogP contribution is -2.49. The lowest BCUT2D eigenvalue weighted by atomic mass is 10.2. The van der Waals surface area contributed by atoms with E-state index in [9.17, 15) is 9.59 Å². The summed E-state index contributed by atoms with van der Waals surface area (Å²) >= 11 is 0. The van der Waals surface area contributed by atoms with E-state index in [4.69, 9.17) is 9.47 Å². The van der Waals surface area contributed by atoms with Crippen molar-refractivity contribution in [3.63, 3.8) is 0 Å². The van der Waals surface area contributed by atoms with Crippen molar-refractivity contribution >= 4 is 22.8 Å². The third-order valence-electron chi connectivity index (χ3n) is 3.76. The van der Waals surface area contributed by atoms with Crippen LogP contribution in [0, 0.1) is 0 Å². The minimum absolute atomic E-state index is 0.0197. The molecule has 1 aliphatic rings. The summed E-state index contributed by atoms with van der Waals surface area (Å²) < 4.78 is 10.7. The lowest BCUT2D eigenvalue weighted by Gasteiger charge is -2.35. The number of carbonyl (C=O) groups excluding carboxylic acids is 2. The molecule has 0 saturated carbocycles. The number of aromatic amines is 1. The molecular weight excluding hydrogens is 298 g/mol. The molecule has 1 fully saturated rings. The number of nitrogens with one attached hydrogen (secondary N) is 1. The molecule has 1 N–H and O–H groups in total. The van der Waals surface area contributed by atoms with Crippen LogP contribution in [0.25, 0.3) is 10.9 Å². The van der Waals surface area contributed by atoms with Crippen molar-refractivity contribution in [3.8, 4) is 0 Å². The molecule has 0 radical (unpaired) electrons. The Bertz CT molecular complexity index is 717. The first-order chi connectivity index (χ1) is 11.0. The molecule has 2 atom stereocenters. The first-order valence-electron chi connectivity index (χ1n) is 7.58. The molecule has 2 heterocycles. The molecule has 3 rings (SSSR count). The number of rotatable bonds is 3. The summed E-state index contributed by atoms with van der Waals surface area (Å²) in [6.45, 7) is 4.55. The molecule has 7 heteroatoms. The predicted octanol–water partition coefficient (Wildman–Crippen LogP) is 1.36. The number of H-pyrrole nitrogens is 1. The summed E-state index contributed by atoms with van der Waals surface area (Å²) in [7, 11) is 0. The third kappa shape index (κ3) is 3.34. The van der Waals surface area contributed by atoms with Gasteiger partial charge in [-0.3, -0.25) is 9.89 Å². The van der Waals surface area contributed by atoms with Gasteiger partial charge in [-0.05, 0) is 19.9 Å². The number of para-hydroxylation sites is 1. The van der Waals surface area contributed by atoms with E-state index in [1.54, 1.807) is 11.0 Å². The van der Waals surface area contributed by atoms with Gasteiger partial charge in [0.25, 0.3) is 5.91 Å². The Labute approximate surface area is 133 Å². The molecule has 1 saturated heterocycles. The maximum Gasteiger partial charge on any atom is 0.359 e. The molecule has 7 nitrogen and oxygen atoms in total. The SMILES string of the molecule is C[C@@H]1CN(C(=O)COC(=O)c2n[nH]c3ccccc23)C[C@H](C)O1. The Balaban J connectivity index is 1.61. The molecule has 1 aromatic heterocycles. The Kier molecular flexibility index (Phi) is 4.29. The van der Waals surface area contributed by atoms with Crippen molar-refractivity contribution in [2.24, 2.45) is 0 Å². The first-order valence-corrected chi connectivity index (χ1v) is 7.58. The van der Waals surface area contributed by atoms with Gasteiger partial charge in [-0.25, -0.2) is 4.79 Å². The van der Waals surface area contributed by atoms with Crippen molar-refractivity contribution in [1.82, 2.24) is 15.1 Å². The smallest absolute Gasteiger partial charge is 0.359 e. The zero-order valence-corrected chi connectivity index (χ0v) is 13.1. The number of esters is 1. The van der Waals surface area contributed by atoms with Crippen molar-refractivity contribution in [3.05, 3.63) is 30.0 Å². The number of hydrogen-bond acceptors (Lipinski definition) is 5. The molecule has 0 spiro atoms. The first kappa shape index (κ1) is 15.5. The maximum absolute atomic E-state index is 12.2. The molecule has 23 heavy (non-hydrogen) atoms. The minimum Gasteiger partial charge on any atom is -0.451 e. The Hall–Kier alpha value is -2.41. The van der Waals surface area contributed by atoms with E-state index in [1.165, 1.54) is 0 Å². The number of fused-ring (bicyclic) bond motifs is 1. The van der Waals surface area contributed by atoms with E-state index < -0.39 is 5.97 Å². The Morgan fingerprint density at radius 3 is 2.74 bits per heavy atom. The van der Waals surface area contributed by atoms with E-state index in [0.29, 0.717) is 18.5 Å². The number of amides is 1. The van der Waals surface area contributed by atoms with Gasteiger partial charge < -0.3 is 14.4 Å². The van der Waals surface area contributed by atoms with Crippen LogP contribution in [0.4, 0.5) is 0 Å². The fourth-order valence-electron chi connectivity index (χ4n) is 2.79. The average molecular weight is 317 g/mol. The van der Waals surface area contributed by atoms with E-state index in [0.717, 1.165) is 5.52 Å². The van der Waals surface area contributed by atoms with Crippen LogP contribution in [0.2, 0.25) is 0 Å². The molecule has 122 valence electrons. The second-order valence-electron chi connectivity index (χ2n) is 5.75. The van der Waals surface area contributed by atoms with Crippen LogP contribution >= 0.6 is 0 Å². The van der Waals surface area contributed by atoms with E-state index in [2.05, 4.69) is 10.2 Å². The highest BCUT2D eigenvalue weighted by Crippen LogP contribution is 2.16. The van der Waals surface area contributed by atoms with E-state index in [-0.39, 0.29) is 30.4 Å². The molecule has 2 aromatic rings. The van der Waals surface area contributed by atoms with Gasteiger partial charge in [-0.15, -0.1) is 0 Å². The molecule has 0 bridgehead atoms. The van der Waals surface area contributed by atoms with Gasteiger partial charge in [0.1, 0.15) is 0 Å². The van der Waals surface area contributed by atoms with Crippen LogP contribution in [0.5, 0.6) is 0 Å². The van der Waals surface area contributed by atoms with Crippen LogP contribution < -0.4 is 0 Å². The summed E-state index contributed by atoms with van der Waals surface area (Å²) in [6.07, 6.45) is -0.0395. The fraction of sp³-hybridized carbons (Fsp3) is 0.438. The van der Waals surface area contributed by atoms with Crippen molar-refractivity contribution in [2.75, 3.05) is 19.7 Å². The largest absolute Gasteiger partial charge is 0.451 e. The van der Waals surface area contributed by atoms with Gasteiger partial charge in [0, 0.05) is 18.5 Å². The topological polar surface area (TPSA) is 84.5 Å². The summed E-state index contributed by atoms with van der Waals surface area (Å²) in [6, 6.07) is 7.26. The Morgan fingerprint density at radius 1 is 1.30 bits per heavy atom. The third-order valence-corrected chi connectivity index (χ3v) is 3.76. The zero-order valence-electron chi connectivity index (χ0n) is 13.1. The molecule has 1 aromatic carbocycles. The van der Waals surface area contributed by atoms with Crippen LogP contribution in [0.15, 0.2) is 24.3 Å². The van der Waals surface area contributed by atoms with Gasteiger partial charge in [0.15, 0.2) is 12.3 Å². The predicted molar refractivity (Wildman–Crippen MR) is 83.0 cm³/mol. The number of morpholine rings is 1. The maximum atomic E-state index is 12.2. The van der Waals surface area contributed by atoms with Crippen LogP contribution in [0.1, 0.15) is 24.3 Å². The van der Waals surface area contributed by atoms with Gasteiger partial charge in [0.2, 0.25) is 0 Å². The second-order valence-corrected chi connectivity index (χ2v) is 5.75. The molecular formula is C16H19N3O4. The zero-order chi connectivity index (χ0) is 16.4. The summed E-state index contributed by atoms with van der Waals surface area (Å²) in [5.74, 6) is -0.828. The standard InChI is InChI=1S/C16H19N3O4/c1-10-7-19(8-11(2)23-10)14(20)9-22-16(21)15-12-5-3-4-6-13(12)17-18-15/h3-6,10-11H,7-9H2,1-2H3,(H,17,18)/t10-,11+. The number of carbonyl (C=O) groups is 2. The van der Waals surface area contributed by atoms with E-state index in [1.807, 2.05) is 32.0 Å². The fourth-order valence-corrected chi connectivity index (χ4v) is 2.79. The molecule has 0 aliphatic carbocycles. The number of ether oxygens (including phenoxy) is 2. The van der Waals surface area contributed by atoms with Gasteiger partial charge >= 0.3 is 5.97 Å². The summed E-state index contributed by atoms with van der Waals surface area (Å²) in [4.78, 5) is 26.0. The van der Waals surface area contributed by atoms with Gasteiger partial charge in [-0.2, -0.15) is 5.10 Å². The Morgan fingerprint density at radius 2 is 2.00 bits per heavy atom. The highest BCUT2D eigenvalue weighted by molar-refractivity contribution is 6.02. The van der Waals surface area contributed by atoms with Crippen LogP contribution in [-0.2, 0) is 14.3 Å². The summed E-state index contributed by atoms with van der Waals surface area (Å²) in [5, 5.41) is 7.41.